The summed E-state index contributed by atoms with van der Waals surface area (Å²) in [5.74, 6) is 0.725. The van der Waals surface area contributed by atoms with Crippen LogP contribution < -0.4 is 16.0 Å². The van der Waals surface area contributed by atoms with E-state index in [0.29, 0.717) is 6.54 Å². The smallest absolute Gasteiger partial charge is 0.191 e. The van der Waals surface area contributed by atoms with Gasteiger partial charge in [0, 0.05) is 25.3 Å². The maximum atomic E-state index is 10.7. The first-order valence-corrected chi connectivity index (χ1v) is 9.21. The number of aliphatic imine (C=N–C) groups is 1. The van der Waals surface area contributed by atoms with Gasteiger partial charge in [-0.05, 0) is 38.0 Å². The van der Waals surface area contributed by atoms with E-state index in [-0.39, 0.29) is 0 Å². The van der Waals surface area contributed by atoms with E-state index >= 15 is 0 Å². The highest BCUT2D eigenvalue weighted by atomic mass is 16.3. The Kier molecular flexibility index (Phi) is 7.96. The molecule has 140 valence electrons. The van der Waals surface area contributed by atoms with Crippen LogP contribution in [-0.4, -0.2) is 37.2 Å². The van der Waals surface area contributed by atoms with Gasteiger partial charge in [0.1, 0.15) is 5.60 Å². The molecule has 0 spiro atoms. The fourth-order valence-electron chi connectivity index (χ4n) is 2.55. The van der Waals surface area contributed by atoms with E-state index in [4.69, 9.17) is 0 Å². The minimum atomic E-state index is -0.988. The lowest BCUT2D eigenvalue weighted by Gasteiger charge is -2.22. The third-order valence-electron chi connectivity index (χ3n) is 4.03. The van der Waals surface area contributed by atoms with Crippen LogP contribution >= 0.6 is 0 Å². The van der Waals surface area contributed by atoms with Gasteiger partial charge in [0.25, 0.3) is 0 Å². The van der Waals surface area contributed by atoms with Crippen molar-refractivity contribution in [3.05, 3.63) is 66.2 Å². The number of rotatable bonds is 9. The summed E-state index contributed by atoms with van der Waals surface area (Å²) in [5.41, 5.74) is 1.01. The summed E-state index contributed by atoms with van der Waals surface area (Å²) in [6.45, 7) is 6.59. The molecule has 0 saturated heterocycles. The first-order valence-electron chi connectivity index (χ1n) is 9.21. The minimum Gasteiger partial charge on any atom is -0.385 e. The second kappa shape index (κ2) is 10.5. The minimum absolute atomic E-state index is 0.300. The highest BCUT2D eigenvalue weighted by Gasteiger charge is 2.22. The molecule has 0 radical (unpaired) electrons. The molecule has 5 heteroatoms. The molecule has 0 amide bonds. The SMILES string of the molecule is CCNC(=NCC(C)(O)c1ccccc1)NCCCNc1ccccc1. The van der Waals surface area contributed by atoms with Crippen molar-refractivity contribution in [3.8, 4) is 0 Å². The van der Waals surface area contributed by atoms with Crippen molar-refractivity contribution in [2.45, 2.75) is 25.9 Å². The predicted octanol–water partition coefficient (Wildman–Crippen LogP) is 2.95. The summed E-state index contributed by atoms with van der Waals surface area (Å²) in [4.78, 5) is 4.54. The Bertz CT molecular complexity index is 656. The zero-order valence-electron chi connectivity index (χ0n) is 15.7. The van der Waals surface area contributed by atoms with Crippen molar-refractivity contribution in [1.29, 1.82) is 0 Å². The van der Waals surface area contributed by atoms with Crippen LogP contribution in [0.15, 0.2) is 65.7 Å². The molecule has 0 fully saturated rings. The molecule has 4 N–H and O–H groups in total. The largest absolute Gasteiger partial charge is 0.385 e. The summed E-state index contributed by atoms with van der Waals surface area (Å²) >= 11 is 0. The average Bonchev–Trinajstić information content (AvgIpc) is 2.67. The number of guanidine groups is 1. The number of hydrogen-bond acceptors (Lipinski definition) is 3. The van der Waals surface area contributed by atoms with Crippen molar-refractivity contribution in [1.82, 2.24) is 10.6 Å². The number of aliphatic hydroxyl groups is 1. The lowest BCUT2D eigenvalue weighted by Crippen LogP contribution is -2.39. The van der Waals surface area contributed by atoms with Gasteiger partial charge in [-0.2, -0.15) is 0 Å². The molecule has 0 bridgehead atoms. The lowest BCUT2D eigenvalue weighted by molar-refractivity contribution is 0.0672. The van der Waals surface area contributed by atoms with Crippen LogP contribution in [-0.2, 0) is 5.60 Å². The maximum Gasteiger partial charge on any atom is 0.191 e. The topological polar surface area (TPSA) is 68.7 Å². The summed E-state index contributed by atoms with van der Waals surface area (Å²) in [7, 11) is 0. The number of anilines is 1. The van der Waals surface area contributed by atoms with E-state index in [9.17, 15) is 5.11 Å². The van der Waals surface area contributed by atoms with Gasteiger partial charge < -0.3 is 21.1 Å². The van der Waals surface area contributed by atoms with Gasteiger partial charge in [0.2, 0.25) is 0 Å². The van der Waals surface area contributed by atoms with E-state index in [1.54, 1.807) is 6.92 Å². The zero-order valence-corrected chi connectivity index (χ0v) is 15.7. The molecule has 2 rings (SSSR count). The van der Waals surface area contributed by atoms with Crippen LogP contribution in [0.4, 0.5) is 5.69 Å². The molecule has 0 heterocycles. The molecular formula is C21H30N4O. The van der Waals surface area contributed by atoms with Gasteiger partial charge in [0.05, 0.1) is 6.54 Å². The van der Waals surface area contributed by atoms with Gasteiger partial charge in [-0.25, -0.2) is 4.99 Å². The molecule has 0 saturated carbocycles. The first kappa shape index (κ1) is 19.8. The molecule has 1 unspecified atom stereocenters. The third kappa shape index (κ3) is 6.76. The van der Waals surface area contributed by atoms with Gasteiger partial charge in [-0.1, -0.05) is 48.5 Å². The second-order valence-corrected chi connectivity index (χ2v) is 6.41. The zero-order chi connectivity index (χ0) is 18.7. The average molecular weight is 354 g/mol. The lowest BCUT2D eigenvalue weighted by atomic mass is 9.96. The van der Waals surface area contributed by atoms with Crippen LogP contribution in [0.3, 0.4) is 0 Å². The monoisotopic (exact) mass is 354 g/mol. The van der Waals surface area contributed by atoms with Crippen molar-refractivity contribution in [3.63, 3.8) is 0 Å². The summed E-state index contributed by atoms with van der Waals surface area (Å²) < 4.78 is 0. The Hall–Kier alpha value is -2.53. The van der Waals surface area contributed by atoms with E-state index in [1.807, 2.05) is 55.5 Å². The van der Waals surface area contributed by atoms with E-state index in [2.05, 4.69) is 33.1 Å². The second-order valence-electron chi connectivity index (χ2n) is 6.41. The molecule has 0 aliphatic rings. The van der Waals surface area contributed by atoms with Crippen molar-refractivity contribution >= 4 is 11.6 Å². The molecule has 0 aliphatic heterocycles. The van der Waals surface area contributed by atoms with Crippen LogP contribution in [0.25, 0.3) is 0 Å². The van der Waals surface area contributed by atoms with Crippen molar-refractivity contribution in [2.75, 3.05) is 31.5 Å². The third-order valence-corrected chi connectivity index (χ3v) is 4.03. The van der Waals surface area contributed by atoms with Crippen molar-refractivity contribution in [2.24, 2.45) is 4.99 Å². The van der Waals surface area contributed by atoms with Crippen LogP contribution in [0, 0.1) is 0 Å². The molecular weight excluding hydrogens is 324 g/mol. The van der Waals surface area contributed by atoms with E-state index in [1.165, 1.54) is 0 Å². The summed E-state index contributed by atoms with van der Waals surface area (Å²) in [6, 6.07) is 19.8. The molecule has 0 aliphatic carbocycles. The number of hydrogen-bond donors (Lipinski definition) is 4. The molecule has 0 aromatic heterocycles. The quantitative estimate of drug-likeness (QED) is 0.317. The highest BCUT2D eigenvalue weighted by molar-refractivity contribution is 5.79. The maximum absolute atomic E-state index is 10.7. The van der Waals surface area contributed by atoms with Gasteiger partial charge in [-0.15, -0.1) is 0 Å². The Morgan fingerprint density at radius 3 is 2.27 bits per heavy atom. The van der Waals surface area contributed by atoms with Crippen LogP contribution in [0.5, 0.6) is 0 Å². The Morgan fingerprint density at radius 2 is 1.62 bits per heavy atom. The van der Waals surface area contributed by atoms with Gasteiger partial charge in [-0.3, -0.25) is 0 Å². The van der Waals surface area contributed by atoms with Crippen LogP contribution in [0.1, 0.15) is 25.8 Å². The number of nitrogens with zero attached hydrogens (tertiary/aromatic N) is 1. The van der Waals surface area contributed by atoms with E-state index in [0.717, 1.165) is 43.3 Å². The standard InChI is InChI=1S/C21H30N4O/c1-3-22-20(24-16-10-15-23-19-13-8-5-9-14-19)25-17-21(2,26)18-11-6-4-7-12-18/h4-9,11-14,23,26H,3,10,15-17H2,1-2H3,(H2,22,24,25). The molecule has 26 heavy (non-hydrogen) atoms. The normalized spacial score (nSPS) is 13.7. The van der Waals surface area contributed by atoms with Crippen LogP contribution in [0.2, 0.25) is 0 Å². The summed E-state index contributed by atoms with van der Waals surface area (Å²) in [5, 5.41) is 20.6. The Morgan fingerprint density at radius 1 is 0.962 bits per heavy atom. The van der Waals surface area contributed by atoms with Gasteiger partial charge >= 0.3 is 0 Å². The van der Waals surface area contributed by atoms with Gasteiger partial charge in [0.15, 0.2) is 5.96 Å². The molecule has 2 aromatic carbocycles. The molecule has 1 atom stereocenters. The summed E-state index contributed by atoms with van der Waals surface area (Å²) in [6.07, 6.45) is 0.967. The molecule has 2 aromatic rings. The number of benzene rings is 2. The first-order chi connectivity index (χ1) is 12.6. The predicted molar refractivity (Wildman–Crippen MR) is 110 cm³/mol. The fraction of sp³-hybridized carbons (Fsp3) is 0.381. The number of para-hydroxylation sites is 1. The molecule has 5 nitrogen and oxygen atoms in total. The van der Waals surface area contributed by atoms with Crippen molar-refractivity contribution < 1.29 is 5.11 Å². The fourth-order valence-corrected chi connectivity index (χ4v) is 2.55. The van der Waals surface area contributed by atoms with E-state index < -0.39 is 5.60 Å². The Balaban J connectivity index is 1.79. The number of nitrogens with one attached hydrogen (secondary N) is 3. The Labute approximate surface area is 156 Å². The highest BCUT2D eigenvalue weighted by Crippen LogP contribution is 2.20.